The molecule has 2 N–H and O–H groups in total. The molecule has 0 spiro atoms. The van der Waals surface area contributed by atoms with Crippen LogP contribution in [0.3, 0.4) is 0 Å². The van der Waals surface area contributed by atoms with Crippen molar-refractivity contribution in [1.29, 1.82) is 0 Å². The van der Waals surface area contributed by atoms with E-state index in [1.807, 2.05) is 0 Å². The Morgan fingerprint density at radius 2 is 2.04 bits per heavy atom. The van der Waals surface area contributed by atoms with Crippen molar-refractivity contribution in [2.75, 3.05) is 13.1 Å². The zero-order valence-electron chi connectivity index (χ0n) is 13.9. The highest BCUT2D eigenvalue weighted by molar-refractivity contribution is 5.76. The first-order valence-electron chi connectivity index (χ1n) is 8.50. The van der Waals surface area contributed by atoms with Crippen LogP contribution in [0.2, 0.25) is 0 Å². The Labute approximate surface area is 136 Å². The van der Waals surface area contributed by atoms with Crippen LogP contribution in [0.5, 0.6) is 0 Å². The topological polar surface area (TPSA) is 41.1 Å². The van der Waals surface area contributed by atoms with Gasteiger partial charge in [-0.15, -0.1) is 0 Å². The number of nitrogens with one attached hydrogen (secondary N) is 2. The molecule has 2 rings (SSSR count). The third-order valence-corrected chi connectivity index (χ3v) is 4.83. The maximum Gasteiger partial charge on any atom is 0.220 e. The fourth-order valence-electron chi connectivity index (χ4n) is 3.26. The first kappa shape index (κ1) is 17.9. The van der Waals surface area contributed by atoms with E-state index < -0.39 is 11.6 Å². The first-order chi connectivity index (χ1) is 11.0. The smallest absolute Gasteiger partial charge is 0.220 e. The van der Waals surface area contributed by atoms with Crippen LogP contribution in [0, 0.1) is 17.6 Å². The largest absolute Gasteiger partial charge is 0.351 e. The number of hydrogen-bond donors (Lipinski definition) is 2. The Balaban J connectivity index is 2.06. The third-order valence-electron chi connectivity index (χ3n) is 4.83. The van der Waals surface area contributed by atoms with Gasteiger partial charge in [-0.05, 0) is 36.6 Å². The summed E-state index contributed by atoms with van der Waals surface area (Å²) in [5.41, 5.74) is 0.748. The van der Waals surface area contributed by atoms with Crippen LogP contribution < -0.4 is 10.6 Å². The van der Waals surface area contributed by atoms with Gasteiger partial charge in [0.05, 0.1) is 0 Å². The summed E-state index contributed by atoms with van der Waals surface area (Å²) in [6.45, 7) is 5.64. The Hall–Kier alpha value is -1.49. The van der Waals surface area contributed by atoms with Gasteiger partial charge in [0.1, 0.15) is 0 Å². The highest BCUT2D eigenvalue weighted by Crippen LogP contribution is 2.27. The SMILES string of the molecule is CCC(CC)CC(=O)NC1CNCCC1c1ccc(F)c(F)c1. The molecule has 0 aromatic heterocycles. The van der Waals surface area contributed by atoms with Gasteiger partial charge in [-0.25, -0.2) is 8.78 Å². The number of benzene rings is 1. The van der Waals surface area contributed by atoms with Crippen molar-refractivity contribution in [3.63, 3.8) is 0 Å². The van der Waals surface area contributed by atoms with Crippen LogP contribution in [0.4, 0.5) is 8.78 Å². The minimum atomic E-state index is -0.836. The molecule has 2 atom stereocenters. The van der Waals surface area contributed by atoms with E-state index in [2.05, 4.69) is 24.5 Å². The van der Waals surface area contributed by atoms with Crippen molar-refractivity contribution in [2.24, 2.45) is 5.92 Å². The van der Waals surface area contributed by atoms with Crippen molar-refractivity contribution in [2.45, 2.75) is 51.5 Å². The summed E-state index contributed by atoms with van der Waals surface area (Å²) in [6, 6.07) is 3.95. The predicted octanol–water partition coefficient (Wildman–Crippen LogP) is 3.35. The van der Waals surface area contributed by atoms with Crippen LogP contribution in [0.25, 0.3) is 0 Å². The van der Waals surface area contributed by atoms with E-state index >= 15 is 0 Å². The maximum absolute atomic E-state index is 13.5. The average Bonchev–Trinajstić information content (AvgIpc) is 2.55. The molecule has 1 fully saturated rings. The summed E-state index contributed by atoms with van der Waals surface area (Å²) in [6.07, 6.45) is 3.29. The van der Waals surface area contributed by atoms with Gasteiger partial charge in [0, 0.05) is 24.9 Å². The molecule has 1 aromatic carbocycles. The molecule has 0 aliphatic carbocycles. The van der Waals surface area contributed by atoms with Gasteiger partial charge >= 0.3 is 0 Å². The lowest BCUT2D eigenvalue weighted by molar-refractivity contribution is -0.123. The summed E-state index contributed by atoms with van der Waals surface area (Å²) >= 11 is 0. The number of carbonyl (C=O) groups is 1. The van der Waals surface area contributed by atoms with Gasteiger partial charge in [0.2, 0.25) is 5.91 Å². The molecule has 0 radical (unpaired) electrons. The molecule has 0 bridgehead atoms. The lowest BCUT2D eigenvalue weighted by Gasteiger charge is -2.33. The second-order valence-corrected chi connectivity index (χ2v) is 6.33. The second-order valence-electron chi connectivity index (χ2n) is 6.33. The average molecular weight is 324 g/mol. The fourth-order valence-corrected chi connectivity index (χ4v) is 3.26. The summed E-state index contributed by atoms with van der Waals surface area (Å²) in [7, 11) is 0. The molecule has 1 amide bonds. The molecule has 1 saturated heterocycles. The quantitative estimate of drug-likeness (QED) is 0.842. The number of amides is 1. The van der Waals surface area contributed by atoms with Crippen molar-refractivity contribution in [3.8, 4) is 0 Å². The highest BCUT2D eigenvalue weighted by Gasteiger charge is 2.28. The molecule has 1 heterocycles. The molecule has 5 heteroatoms. The monoisotopic (exact) mass is 324 g/mol. The van der Waals surface area contributed by atoms with Crippen molar-refractivity contribution in [1.82, 2.24) is 10.6 Å². The minimum absolute atomic E-state index is 0.0111. The highest BCUT2D eigenvalue weighted by atomic mass is 19.2. The van der Waals surface area contributed by atoms with Crippen LogP contribution >= 0.6 is 0 Å². The molecular weight excluding hydrogens is 298 g/mol. The molecule has 1 aromatic rings. The second kappa shape index (κ2) is 8.39. The molecule has 23 heavy (non-hydrogen) atoms. The zero-order valence-corrected chi connectivity index (χ0v) is 13.9. The maximum atomic E-state index is 13.5. The molecule has 2 unspecified atom stereocenters. The van der Waals surface area contributed by atoms with E-state index in [9.17, 15) is 13.6 Å². The number of hydrogen-bond acceptors (Lipinski definition) is 2. The number of piperidine rings is 1. The predicted molar refractivity (Wildman–Crippen MR) is 87.2 cm³/mol. The van der Waals surface area contributed by atoms with Gasteiger partial charge in [-0.3, -0.25) is 4.79 Å². The van der Waals surface area contributed by atoms with E-state index in [-0.39, 0.29) is 17.9 Å². The third kappa shape index (κ3) is 4.74. The molecule has 0 saturated carbocycles. The summed E-state index contributed by atoms with van der Waals surface area (Å²) in [5, 5.41) is 6.35. The van der Waals surface area contributed by atoms with Crippen molar-refractivity contribution >= 4 is 5.91 Å². The molecule has 1 aliphatic rings. The normalized spacial score (nSPS) is 21.4. The van der Waals surface area contributed by atoms with Crippen LogP contribution in [-0.4, -0.2) is 25.0 Å². The van der Waals surface area contributed by atoms with Gasteiger partial charge in [-0.1, -0.05) is 32.8 Å². The Morgan fingerprint density at radius 3 is 2.70 bits per heavy atom. The van der Waals surface area contributed by atoms with Gasteiger partial charge < -0.3 is 10.6 Å². The number of halogens is 2. The first-order valence-corrected chi connectivity index (χ1v) is 8.50. The van der Waals surface area contributed by atoms with Crippen molar-refractivity contribution < 1.29 is 13.6 Å². The molecule has 3 nitrogen and oxygen atoms in total. The van der Waals surface area contributed by atoms with Crippen LogP contribution in [0.15, 0.2) is 18.2 Å². The Morgan fingerprint density at radius 1 is 1.30 bits per heavy atom. The molecular formula is C18H26F2N2O. The Bertz CT molecular complexity index is 532. The van der Waals surface area contributed by atoms with Gasteiger partial charge in [-0.2, -0.15) is 0 Å². The lowest BCUT2D eigenvalue weighted by atomic mass is 9.85. The number of rotatable bonds is 6. The minimum Gasteiger partial charge on any atom is -0.351 e. The van der Waals surface area contributed by atoms with Crippen LogP contribution in [0.1, 0.15) is 51.0 Å². The van der Waals surface area contributed by atoms with Gasteiger partial charge in [0.25, 0.3) is 0 Å². The zero-order chi connectivity index (χ0) is 16.8. The fraction of sp³-hybridized carbons (Fsp3) is 0.611. The van der Waals surface area contributed by atoms with E-state index in [1.165, 1.54) is 6.07 Å². The van der Waals surface area contributed by atoms with Gasteiger partial charge in [0.15, 0.2) is 11.6 Å². The van der Waals surface area contributed by atoms with E-state index in [0.717, 1.165) is 37.4 Å². The molecule has 1 aliphatic heterocycles. The van der Waals surface area contributed by atoms with Crippen molar-refractivity contribution in [3.05, 3.63) is 35.4 Å². The van der Waals surface area contributed by atoms with E-state index in [4.69, 9.17) is 0 Å². The summed E-state index contributed by atoms with van der Waals surface area (Å²) in [5.74, 6) is -1.22. The van der Waals surface area contributed by atoms with E-state index in [1.54, 1.807) is 6.07 Å². The standard InChI is InChI=1S/C18H26F2N2O/c1-3-12(4-2)9-18(23)22-17-11-21-8-7-14(17)13-5-6-15(19)16(20)10-13/h5-6,10,12,14,17,21H,3-4,7-9,11H2,1-2H3,(H,22,23). The molecule has 128 valence electrons. The summed E-state index contributed by atoms with van der Waals surface area (Å²) in [4.78, 5) is 12.3. The Kier molecular flexibility index (Phi) is 6.51. The summed E-state index contributed by atoms with van der Waals surface area (Å²) < 4.78 is 26.6. The number of carbonyl (C=O) groups excluding carboxylic acids is 1. The van der Waals surface area contributed by atoms with E-state index in [0.29, 0.717) is 18.9 Å². The lowest BCUT2D eigenvalue weighted by Crippen LogP contribution is -2.50. The van der Waals surface area contributed by atoms with Crippen LogP contribution in [-0.2, 0) is 4.79 Å².